The second-order valence-electron chi connectivity index (χ2n) is 6.79. The first kappa shape index (κ1) is 19.7. The van der Waals surface area contributed by atoms with E-state index >= 15 is 0 Å². The van der Waals surface area contributed by atoms with Crippen LogP contribution in [0.1, 0.15) is 35.7 Å². The van der Waals surface area contributed by atoms with Crippen LogP contribution in [0.3, 0.4) is 0 Å². The Labute approximate surface area is 165 Å². The normalized spacial score (nSPS) is 13.0. The van der Waals surface area contributed by atoms with E-state index in [9.17, 15) is 9.90 Å². The molecule has 2 atom stereocenters. The molecule has 5 heteroatoms. The number of ether oxygens (including phenoxy) is 1. The number of hydrogen-bond donors (Lipinski definition) is 1. The molecule has 0 aliphatic rings. The summed E-state index contributed by atoms with van der Waals surface area (Å²) in [5.41, 5.74) is 1.86. The fourth-order valence-corrected chi connectivity index (χ4v) is 2.98. The van der Waals surface area contributed by atoms with Gasteiger partial charge in [-0.25, -0.2) is 4.79 Å². The molecule has 0 unspecified atom stereocenters. The Hall–Kier alpha value is -3.05. The number of benzene rings is 2. The van der Waals surface area contributed by atoms with Gasteiger partial charge in [-0.15, -0.1) is 0 Å². The highest BCUT2D eigenvalue weighted by Gasteiger charge is 2.30. The van der Waals surface area contributed by atoms with Crippen LogP contribution in [0.5, 0.6) is 0 Å². The number of amides is 1. The van der Waals surface area contributed by atoms with Gasteiger partial charge in [0.05, 0.1) is 6.04 Å². The van der Waals surface area contributed by atoms with Crippen molar-refractivity contribution in [1.29, 1.82) is 0 Å². The minimum atomic E-state index is -0.957. The van der Waals surface area contributed by atoms with Crippen molar-refractivity contribution in [2.24, 2.45) is 0 Å². The summed E-state index contributed by atoms with van der Waals surface area (Å²) in [4.78, 5) is 14.4. The van der Waals surface area contributed by atoms with E-state index in [1.54, 1.807) is 19.1 Å². The van der Waals surface area contributed by atoms with Crippen LogP contribution in [0.4, 0.5) is 4.79 Å². The van der Waals surface area contributed by atoms with E-state index in [-0.39, 0.29) is 6.61 Å². The average molecular weight is 379 g/mol. The molecule has 5 nitrogen and oxygen atoms in total. The topological polar surface area (TPSA) is 62.9 Å². The summed E-state index contributed by atoms with van der Waals surface area (Å²) in [6, 6.07) is 22.1. The zero-order valence-corrected chi connectivity index (χ0v) is 16.1. The fraction of sp³-hybridized carbons (Fsp3) is 0.261. The van der Waals surface area contributed by atoms with Crippen LogP contribution >= 0.6 is 0 Å². The summed E-state index contributed by atoms with van der Waals surface area (Å²) < 4.78 is 11.1. The van der Waals surface area contributed by atoms with Crippen molar-refractivity contribution in [3.8, 4) is 0 Å². The van der Waals surface area contributed by atoms with E-state index in [2.05, 4.69) is 0 Å². The van der Waals surface area contributed by atoms with Crippen molar-refractivity contribution in [2.75, 3.05) is 0 Å². The van der Waals surface area contributed by atoms with Gasteiger partial charge in [0.25, 0.3) is 0 Å². The predicted molar refractivity (Wildman–Crippen MR) is 106 cm³/mol. The summed E-state index contributed by atoms with van der Waals surface area (Å²) in [7, 11) is 0. The maximum Gasteiger partial charge on any atom is 0.410 e. The Morgan fingerprint density at radius 1 is 1.00 bits per heavy atom. The number of nitrogens with zero attached hydrogens (tertiary/aromatic N) is 1. The van der Waals surface area contributed by atoms with Crippen molar-refractivity contribution in [2.45, 2.75) is 39.1 Å². The van der Waals surface area contributed by atoms with Crippen LogP contribution in [0.15, 0.2) is 77.2 Å². The number of furan rings is 1. The Morgan fingerprint density at radius 2 is 1.61 bits per heavy atom. The number of aliphatic hydroxyl groups excluding tert-OH is 1. The Kier molecular flexibility index (Phi) is 6.50. The highest BCUT2D eigenvalue weighted by atomic mass is 16.6. The van der Waals surface area contributed by atoms with Crippen LogP contribution in [0, 0.1) is 6.92 Å². The Morgan fingerprint density at radius 3 is 2.18 bits per heavy atom. The first-order chi connectivity index (χ1) is 13.5. The largest absolute Gasteiger partial charge is 0.464 e. The summed E-state index contributed by atoms with van der Waals surface area (Å²) in [5.74, 6) is 1.14. The monoisotopic (exact) mass is 379 g/mol. The van der Waals surface area contributed by atoms with Gasteiger partial charge in [-0.05, 0) is 37.1 Å². The van der Waals surface area contributed by atoms with Gasteiger partial charge in [-0.3, -0.25) is 4.90 Å². The summed E-state index contributed by atoms with van der Waals surface area (Å²) in [5, 5.41) is 10.7. The third-order valence-corrected chi connectivity index (χ3v) is 4.64. The zero-order valence-electron chi connectivity index (χ0n) is 16.1. The van der Waals surface area contributed by atoms with Crippen molar-refractivity contribution in [3.63, 3.8) is 0 Å². The summed E-state index contributed by atoms with van der Waals surface area (Å²) in [6.45, 7) is 4.10. The van der Waals surface area contributed by atoms with Gasteiger partial charge in [0.15, 0.2) is 0 Å². The van der Waals surface area contributed by atoms with Gasteiger partial charge in [0.1, 0.15) is 24.2 Å². The van der Waals surface area contributed by atoms with E-state index in [1.807, 2.05) is 67.6 Å². The molecule has 146 valence electrons. The number of carbonyl (C=O) groups excluding carboxylic acids is 1. The minimum absolute atomic E-state index is 0.174. The lowest BCUT2D eigenvalue weighted by atomic mass is 10.1. The maximum absolute atomic E-state index is 12.9. The molecule has 0 aliphatic carbocycles. The smallest absolute Gasteiger partial charge is 0.410 e. The molecule has 0 aliphatic heterocycles. The molecule has 0 saturated carbocycles. The molecule has 3 rings (SSSR count). The molecule has 0 bridgehead atoms. The summed E-state index contributed by atoms with van der Waals surface area (Å²) in [6.07, 6.45) is -1.44. The SMILES string of the molecule is Cc1ccc([C@@H](O)[C@H](C)N(Cc2ccccc2)C(=O)OCc2ccccc2)o1. The molecular weight excluding hydrogens is 354 g/mol. The summed E-state index contributed by atoms with van der Waals surface area (Å²) >= 11 is 0. The van der Waals surface area contributed by atoms with Gasteiger partial charge in [0.2, 0.25) is 0 Å². The molecule has 0 fully saturated rings. The van der Waals surface area contributed by atoms with Gasteiger partial charge >= 0.3 is 6.09 Å². The second kappa shape index (κ2) is 9.24. The number of aliphatic hydroxyl groups is 1. The van der Waals surface area contributed by atoms with E-state index in [0.29, 0.717) is 18.1 Å². The Bertz CT molecular complexity index is 876. The number of aryl methyl sites for hydroxylation is 1. The first-order valence-corrected chi connectivity index (χ1v) is 9.30. The molecular formula is C23H25NO4. The molecule has 0 spiro atoms. The zero-order chi connectivity index (χ0) is 19.9. The van der Waals surface area contributed by atoms with E-state index in [0.717, 1.165) is 11.1 Å². The molecule has 1 aromatic heterocycles. The highest BCUT2D eigenvalue weighted by molar-refractivity contribution is 5.68. The molecule has 1 heterocycles. The molecule has 0 saturated heterocycles. The number of carbonyl (C=O) groups is 1. The molecule has 1 N–H and O–H groups in total. The molecule has 28 heavy (non-hydrogen) atoms. The average Bonchev–Trinajstić information content (AvgIpc) is 3.17. The predicted octanol–water partition coefficient (Wildman–Crippen LogP) is 4.85. The molecule has 2 aromatic carbocycles. The van der Waals surface area contributed by atoms with Crippen LogP contribution in [0.2, 0.25) is 0 Å². The molecule has 3 aromatic rings. The number of rotatable bonds is 7. The lowest BCUT2D eigenvalue weighted by Gasteiger charge is -2.31. The lowest BCUT2D eigenvalue weighted by molar-refractivity contribution is 0.0241. The van der Waals surface area contributed by atoms with Crippen molar-refractivity contribution < 1.29 is 19.1 Å². The van der Waals surface area contributed by atoms with E-state index < -0.39 is 18.2 Å². The third kappa shape index (κ3) is 5.02. The van der Waals surface area contributed by atoms with E-state index in [4.69, 9.17) is 9.15 Å². The van der Waals surface area contributed by atoms with Gasteiger partial charge in [-0.1, -0.05) is 60.7 Å². The van der Waals surface area contributed by atoms with Crippen molar-refractivity contribution in [1.82, 2.24) is 4.90 Å². The Balaban J connectivity index is 1.76. The van der Waals surface area contributed by atoms with Crippen LogP contribution < -0.4 is 0 Å². The second-order valence-corrected chi connectivity index (χ2v) is 6.79. The molecule has 1 amide bonds. The number of hydrogen-bond acceptors (Lipinski definition) is 4. The standard InChI is InChI=1S/C23H25NO4/c1-17-13-14-21(28-17)22(25)18(2)24(15-19-9-5-3-6-10-19)23(26)27-16-20-11-7-4-8-12-20/h3-14,18,22,25H,15-16H2,1-2H3/t18-,22-/m0/s1. The minimum Gasteiger partial charge on any atom is -0.464 e. The maximum atomic E-state index is 12.9. The van der Waals surface area contributed by atoms with Crippen LogP contribution in [-0.4, -0.2) is 22.1 Å². The van der Waals surface area contributed by atoms with Crippen LogP contribution in [-0.2, 0) is 17.9 Å². The van der Waals surface area contributed by atoms with Crippen molar-refractivity contribution >= 4 is 6.09 Å². The highest BCUT2D eigenvalue weighted by Crippen LogP contribution is 2.25. The van der Waals surface area contributed by atoms with Crippen molar-refractivity contribution in [3.05, 3.63) is 95.4 Å². The first-order valence-electron chi connectivity index (χ1n) is 9.30. The van der Waals surface area contributed by atoms with Gasteiger partial charge in [0, 0.05) is 6.54 Å². The van der Waals surface area contributed by atoms with E-state index in [1.165, 1.54) is 4.90 Å². The quantitative estimate of drug-likeness (QED) is 0.637. The lowest BCUT2D eigenvalue weighted by Crippen LogP contribution is -2.41. The van der Waals surface area contributed by atoms with Crippen LogP contribution in [0.25, 0.3) is 0 Å². The molecule has 0 radical (unpaired) electrons. The third-order valence-electron chi connectivity index (χ3n) is 4.64. The van der Waals surface area contributed by atoms with Gasteiger partial charge < -0.3 is 14.3 Å². The van der Waals surface area contributed by atoms with Gasteiger partial charge in [-0.2, -0.15) is 0 Å². The fourth-order valence-electron chi connectivity index (χ4n) is 2.98.